The van der Waals surface area contributed by atoms with Crippen LogP contribution in [0.15, 0.2) is 47.4 Å². The largest absolute Gasteiger partial charge is 0.490 e. The first-order chi connectivity index (χ1) is 19.3. The summed E-state index contributed by atoms with van der Waals surface area (Å²) in [6, 6.07) is 9.22. The lowest BCUT2D eigenvalue weighted by atomic mass is 9.92. The van der Waals surface area contributed by atoms with Gasteiger partial charge in [-0.05, 0) is 94.1 Å². The number of hydrogen-bond donors (Lipinski definition) is 3. The topological polar surface area (TPSA) is 127 Å². The van der Waals surface area contributed by atoms with Gasteiger partial charge < -0.3 is 20.0 Å². The molecule has 2 heterocycles. The predicted molar refractivity (Wildman–Crippen MR) is 144 cm³/mol. The number of nitrogens with zero attached hydrogens (tertiary/aromatic N) is 2. The molecule has 0 spiro atoms. The number of sulfonamides is 1. The Kier molecular flexibility index (Phi) is 11.0. The number of benzene rings is 2. The average molecular weight is 604 g/mol. The van der Waals surface area contributed by atoms with E-state index in [0.717, 1.165) is 44.6 Å². The molecule has 2 aromatic rings. The van der Waals surface area contributed by atoms with Crippen molar-refractivity contribution in [2.75, 3.05) is 42.3 Å². The highest BCUT2D eigenvalue weighted by Crippen LogP contribution is 2.31. The molecule has 0 bridgehead atoms. The molecule has 2 fully saturated rings. The molecule has 0 radical (unpaired) electrons. The summed E-state index contributed by atoms with van der Waals surface area (Å²) in [7, 11) is -4.04. The van der Waals surface area contributed by atoms with Crippen LogP contribution in [0.4, 0.5) is 28.9 Å². The lowest BCUT2D eigenvalue weighted by Gasteiger charge is -2.35. The van der Waals surface area contributed by atoms with Gasteiger partial charge in [-0.2, -0.15) is 13.2 Å². The number of anilines is 2. The summed E-state index contributed by atoms with van der Waals surface area (Å²) in [4.78, 5) is 25.3. The fourth-order valence-electron chi connectivity index (χ4n) is 4.91. The molecule has 2 saturated heterocycles. The Labute approximate surface area is 235 Å². The SMILES string of the molecule is O=C(O)C(F)(F)F.O=C(O)c1cc(NS(=O)(=O)c2cccc(F)c2)ccc1N1CCC(CCN2CCCCC2)CC1. The Bertz CT molecular complexity index is 1310. The van der Waals surface area contributed by atoms with Gasteiger partial charge in [-0.3, -0.25) is 4.72 Å². The van der Waals surface area contributed by atoms with Gasteiger partial charge in [0.1, 0.15) is 5.82 Å². The number of alkyl halides is 3. The number of aliphatic carboxylic acids is 1. The molecule has 14 heteroatoms. The van der Waals surface area contributed by atoms with Crippen LogP contribution in [0.25, 0.3) is 0 Å². The number of piperidine rings is 2. The number of aromatic carboxylic acids is 1. The highest BCUT2D eigenvalue weighted by atomic mass is 32.2. The van der Waals surface area contributed by atoms with E-state index in [4.69, 9.17) is 9.90 Å². The van der Waals surface area contributed by atoms with Gasteiger partial charge >= 0.3 is 18.1 Å². The second kappa shape index (κ2) is 14.0. The number of nitrogens with one attached hydrogen (secondary N) is 1. The van der Waals surface area contributed by atoms with E-state index in [1.807, 2.05) is 0 Å². The number of likely N-dealkylation sites (tertiary alicyclic amines) is 1. The summed E-state index contributed by atoms with van der Waals surface area (Å²) >= 11 is 0. The molecule has 0 saturated carbocycles. The number of rotatable bonds is 8. The van der Waals surface area contributed by atoms with Gasteiger partial charge in [0.15, 0.2) is 0 Å². The van der Waals surface area contributed by atoms with Crippen molar-refractivity contribution in [3.63, 3.8) is 0 Å². The second-order valence-electron chi connectivity index (χ2n) is 10.0. The monoisotopic (exact) mass is 603 g/mol. The maximum atomic E-state index is 13.5. The minimum atomic E-state index is -5.08. The Morgan fingerprint density at radius 3 is 2.15 bits per heavy atom. The molecule has 4 rings (SSSR count). The first-order valence-corrected chi connectivity index (χ1v) is 14.7. The summed E-state index contributed by atoms with van der Waals surface area (Å²) in [5.74, 6) is -3.89. The van der Waals surface area contributed by atoms with E-state index in [0.29, 0.717) is 11.6 Å². The van der Waals surface area contributed by atoms with Gasteiger partial charge in [0.25, 0.3) is 10.0 Å². The third-order valence-electron chi connectivity index (χ3n) is 7.09. The van der Waals surface area contributed by atoms with Crippen molar-refractivity contribution in [2.24, 2.45) is 5.92 Å². The lowest BCUT2D eigenvalue weighted by Crippen LogP contribution is -2.37. The third kappa shape index (κ3) is 9.59. The van der Waals surface area contributed by atoms with Crippen LogP contribution in [0, 0.1) is 11.7 Å². The van der Waals surface area contributed by atoms with E-state index in [1.54, 1.807) is 12.1 Å². The van der Waals surface area contributed by atoms with Crippen molar-refractivity contribution in [3.05, 3.63) is 53.8 Å². The van der Waals surface area contributed by atoms with Crippen molar-refractivity contribution in [1.29, 1.82) is 0 Å². The van der Waals surface area contributed by atoms with Gasteiger partial charge in [-0.15, -0.1) is 0 Å². The van der Waals surface area contributed by atoms with Crippen LogP contribution < -0.4 is 9.62 Å². The van der Waals surface area contributed by atoms with Gasteiger partial charge in [0.05, 0.1) is 16.1 Å². The molecule has 226 valence electrons. The molecule has 0 amide bonds. The van der Waals surface area contributed by atoms with Gasteiger partial charge in [0, 0.05) is 18.8 Å². The van der Waals surface area contributed by atoms with Crippen LogP contribution in [0.2, 0.25) is 0 Å². The Morgan fingerprint density at radius 2 is 1.59 bits per heavy atom. The highest BCUT2D eigenvalue weighted by Gasteiger charge is 2.38. The van der Waals surface area contributed by atoms with Gasteiger partial charge in [-0.25, -0.2) is 22.4 Å². The van der Waals surface area contributed by atoms with Crippen LogP contribution in [0.1, 0.15) is 48.9 Å². The number of carboxylic acid groups (broad SMARTS) is 2. The van der Waals surface area contributed by atoms with E-state index in [9.17, 15) is 35.9 Å². The molecular formula is C27H33F4N3O6S. The fourth-order valence-corrected chi connectivity index (χ4v) is 5.99. The predicted octanol–water partition coefficient (Wildman–Crippen LogP) is 5.05. The fraction of sp³-hybridized carbons (Fsp3) is 0.481. The van der Waals surface area contributed by atoms with Crippen molar-refractivity contribution in [3.8, 4) is 0 Å². The van der Waals surface area contributed by atoms with E-state index in [2.05, 4.69) is 14.5 Å². The summed E-state index contributed by atoms with van der Waals surface area (Å²) < 4.78 is 72.7. The Hall–Kier alpha value is -3.39. The maximum Gasteiger partial charge on any atom is 0.490 e. The quantitative estimate of drug-likeness (QED) is 0.358. The molecule has 41 heavy (non-hydrogen) atoms. The molecule has 0 aromatic heterocycles. The van der Waals surface area contributed by atoms with E-state index in [-0.39, 0.29) is 16.1 Å². The van der Waals surface area contributed by atoms with Crippen molar-refractivity contribution < 1.29 is 45.8 Å². The standard InChI is InChI=1S/C25H32FN3O4S.C2HF3O2/c26-20-5-4-6-22(17-20)34(32,33)27-21-7-8-24(23(18-21)25(30)31)29-15-10-19(11-16-29)9-14-28-12-2-1-3-13-28;3-2(4,5)1(6)7/h4-8,17-19,27H,1-3,9-16H2,(H,30,31);(H,6,7). The number of carboxylic acids is 2. The molecule has 0 atom stereocenters. The normalized spacial score (nSPS) is 16.9. The van der Waals surface area contributed by atoms with E-state index in [1.165, 1.54) is 57.0 Å². The van der Waals surface area contributed by atoms with E-state index < -0.39 is 34.0 Å². The van der Waals surface area contributed by atoms with Crippen LogP contribution in [-0.4, -0.2) is 74.4 Å². The second-order valence-corrected chi connectivity index (χ2v) is 11.7. The number of carbonyl (C=O) groups is 2. The van der Waals surface area contributed by atoms with Crippen molar-refractivity contribution >= 4 is 33.3 Å². The first kappa shape index (κ1) is 32.1. The zero-order chi connectivity index (χ0) is 30.2. The number of halogens is 4. The Morgan fingerprint density at radius 1 is 0.951 bits per heavy atom. The van der Waals surface area contributed by atoms with Crippen LogP contribution >= 0.6 is 0 Å². The zero-order valence-corrected chi connectivity index (χ0v) is 23.1. The maximum absolute atomic E-state index is 13.5. The van der Waals surface area contributed by atoms with E-state index >= 15 is 0 Å². The highest BCUT2D eigenvalue weighted by molar-refractivity contribution is 7.92. The third-order valence-corrected chi connectivity index (χ3v) is 8.46. The van der Waals surface area contributed by atoms with Crippen LogP contribution in [0.5, 0.6) is 0 Å². The first-order valence-electron chi connectivity index (χ1n) is 13.2. The molecule has 9 nitrogen and oxygen atoms in total. The Balaban J connectivity index is 0.000000587. The average Bonchev–Trinajstić information content (AvgIpc) is 2.92. The van der Waals surface area contributed by atoms with Crippen LogP contribution in [-0.2, 0) is 14.8 Å². The molecule has 2 aliphatic heterocycles. The molecule has 2 aliphatic rings. The smallest absolute Gasteiger partial charge is 0.478 e. The summed E-state index contributed by atoms with van der Waals surface area (Å²) in [5.41, 5.74) is 0.767. The number of hydrogen-bond acceptors (Lipinski definition) is 6. The molecule has 2 aromatic carbocycles. The summed E-state index contributed by atoms with van der Waals surface area (Å²) in [6.45, 7) is 5.11. The summed E-state index contributed by atoms with van der Waals surface area (Å²) in [5, 5.41) is 16.9. The summed E-state index contributed by atoms with van der Waals surface area (Å²) in [6.07, 6.45) is 2.06. The van der Waals surface area contributed by atoms with Crippen molar-refractivity contribution in [1.82, 2.24) is 4.90 Å². The molecule has 0 aliphatic carbocycles. The molecular weight excluding hydrogens is 570 g/mol. The molecule has 0 unspecified atom stereocenters. The minimum absolute atomic E-state index is 0.0474. The van der Waals surface area contributed by atoms with Gasteiger partial charge in [-0.1, -0.05) is 12.5 Å². The molecule has 3 N–H and O–H groups in total. The zero-order valence-electron chi connectivity index (χ0n) is 22.2. The van der Waals surface area contributed by atoms with Crippen LogP contribution in [0.3, 0.4) is 0 Å². The lowest BCUT2D eigenvalue weighted by molar-refractivity contribution is -0.192. The van der Waals surface area contributed by atoms with Crippen molar-refractivity contribution in [2.45, 2.75) is 49.6 Å². The van der Waals surface area contributed by atoms with Gasteiger partial charge in [0.2, 0.25) is 0 Å². The minimum Gasteiger partial charge on any atom is -0.478 e.